The van der Waals surface area contributed by atoms with Gasteiger partial charge in [-0.3, -0.25) is 0 Å². The molecule has 0 aliphatic heterocycles. The summed E-state index contributed by atoms with van der Waals surface area (Å²) >= 11 is 0. The lowest BCUT2D eigenvalue weighted by Gasteiger charge is -1.87. The van der Waals surface area contributed by atoms with E-state index in [1.807, 2.05) is 31.8 Å². The van der Waals surface area contributed by atoms with Crippen molar-refractivity contribution < 1.29 is 0 Å². The summed E-state index contributed by atoms with van der Waals surface area (Å²) < 4.78 is 1.98. The van der Waals surface area contributed by atoms with Crippen molar-refractivity contribution in [3.63, 3.8) is 0 Å². The molecule has 1 N–H and O–H groups in total. The Morgan fingerprint density at radius 1 is 1.67 bits per heavy atom. The van der Waals surface area contributed by atoms with Gasteiger partial charge < -0.3 is 9.88 Å². The molecular weight excluding hydrogens is 114 g/mol. The molecule has 0 saturated carbocycles. The minimum absolute atomic E-state index is 0.926. The van der Waals surface area contributed by atoms with Gasteiger partial charge in [-0.25, -0.2) is 4.98 Å². The molecule has 1 aromatic rings. The molecule has 0 bridgehead atoms. The summed E-state index contributed by atoms with van der Waals surface area (Å²) in [6.07, 6.45) is 1.95. The van der Waals surface area contributed by atoms with Crippen LogP contribution in [0.2, 0.25) is 0 Å². The Morgan fingerprint density at radius 2 is 2.33 bits per heavy atom. The number of imidazole rings is 1. The van der Waals surface area contributed by atoms with Gasteiger partial charge in [0.15, 0.2) is 0 Å². The molecule has 1 rings (SSSR count). The fourth-order valence-electron chi connectivity index (χ4n) is 0.679. The van der Waals surface area contributed by atoms with Crippen LogP contribution in [-0.2, 0) is 7.05 Å². The second-order valence-electron chi connectivity index (χ2n) is 2.03. The van der Waals surface area contributed by atoms with Crippen molar-refractivity contribution >= 4 is 5.82 Å². The van der Waals surface area contributed by atoms with Crippen LogP contribution in [0.15, 0.2) is 6.20 Å². The van der Waals surface area contributed by atoms with E-state index >= 15 is 0 Å². The third-order valence-electron chi connectivity index (χ3n) is 1.36. The van der Waals surface area contributed by atoms with Crippen molar-refractivity contribution in [3.8, 4) is 0 Å². The Morgan fingerprint density at radius 3 is 2.56 bits per heavy atom. The predicted octanol–water partition coefficient (Wildman–Crippen LogP) is 0.770. The van der Waals surface area contributed by atoms with Gasteiger partial charge in [0, 0.05) is 20.3 Å². The van der Waals surface area contributed by atoms with Gasteiger partial charge in [0.2, 0.25) is 0 Å². The van der Waals surface area contributed by atoms with Gasteiger partial charge in [-0.15, -0.1) is 0 Å². The molecule has 0 aromatic carbocycles. The fraction of sp³-hybridized carbons (Fsp3) is 0.500. The molecular formula is C6H11N3. The van der Waals surface area contributed by atoms with Gasteiger partial charge in [0.1, 0.15) is 11.6 Å². The SMILES string of the molecule is CNc1cn(C)c(C)n1. The Labute approximate surface area is 54.7 Å². The van der Waals surface area contributed by atoms with Gasteiger partial charge in [-0.1, -0.05) is 0 Å². The minimum atomic E-state index is 0.926. The monoisotopic (exact) mass is 125 g/mol. The van der Waals surface area contributed by atoms with Crippen LogP contribution >= 0.6 is 0 Å². The van der Waals surface area contributed by atoms with Gasteiger partial charge >= 0.3 is 0 Å². The first-order chi connectivity index (χ1) is 4.24. The number of rotatable bonds is 1. The van der Waals surface area contributed by atoms with E-state index in [-0.39, 0.29) is 0 Å². The number of nitrogens with zero attached hydrogens (tertiary/aromatic N) is 2. The maximum Gasteiger partial charge on any atom is 0.144 e. The van der Waals surface area contributed by atoms with Crippen molar-refractivity contribution in [1.29, 1.82) is 0 Å². The van der Waals surface area contributed by atoms with Crippen molar-refractivity contribution in [2.45, 2.75) is 6.92 Å². The zero-order valence-corrected chi connectivity index (χ0v) is 5.97. The number of aromatic nitrogens is 2. The minimum Gasteiger partial charge on any atom is -0.372 e. The van der Waals surface area contributed by atoms with Crippen molar-refractivity contribution in [2.75, 3.05) is 12.4 Å². The maximum absolute atomic E-state index is 4.18. The van der Waals surface area contributed by atoms with Crippen LogP contribution < -0.4 is 5.32 Å². The van der Waals surface area contributed by atoms with Gasteiger partial charge in [-0.2, -0.15) is 0 Å². The van der Waals surface area contributed by atoms with Crippen LogP contribution in [0.1, 0.15) is 5.82 Å². The first-order valence-corrected chi connectivity index (χ1v) is 2.91. The van der Waals surface area contributed by atoms with E-state index in [0.717, 1.165) is 11.6 Å². The molecule has 0 spiro atoms. The number of hydrogen-bond acceptors (Lipinski definition) is 2. The molecule has 0 radical (unpaired) electrons. The molecule has 9 heavy (non-hydrogen) atoms. The second-order valence-corrected chi connectivity index (χ2v) is 2.03. The molecule has 0 amide bonds. The molecule has 50 valence electrons. The van der Waals surface area contributed by atoms with Gasteiger partial charge in [-0.05, 0) is 6.92 Å². The van der Waals surface area contributed by atoms with E-state index in [1.54, 1.807) is 0 Å². The number of nitrogens with one attached hydrogen (secondary N) is 1. The molecule has 3 heteroatoms. The fourth-order valence-corrected chi connectivity index (χ4v) is 0.679. The summed E-state index contributed by atoms with van der Waals surface area (Å²) in [6.45, 7) is 1.97. The number of anilines is 1. The molecule has 1 aromatic heterocycles. The first kappa shape index (κ1) is 6.13. The molecule has 0 aliphatic rings. The van der Waals surface area contributed by atoms with Crippen molar-refractivity contribution in [3.05, 3.63) is 12.0 Å². The van der Waals surface area contributed by atoms with Crippen LogP contribution in [0, 0.1) is 6.92 Å². The predicted molar refractivity (Wildman–Crippen MR) is 37.5 cm³/mol. The Balaban J connectivity index is 2.98. The lowest BCUT2D eigenvalue weighted by molar-refractivity contribution is 0.858. The summed E-state index contributed by atoms with van der Waals surface area (Å²) in [6, 6.07) is 0. The molecule has 0 aliphatic carbocycles. The zero-order valence-electron chi connectivity index (χ0n) is 5.97. The Kier molecular flexibility index (Phi) is 1.42. The highest BCUT2D eigenvalue weighted by atomic mass is 15.1. The molecule has 0 saturated heterocycles. The van der Waals surface area contributed by atoms with Crippen LogP contribution in [-0.4, -0.2) is 16.6 Å². The molecule has 0 atom stereocenters. The number of aryl methyl sites for hydroxylation is 2. The van der Waals surface area contributed by atoms with E-state index in [2.05, 4.69) is 10.3 Å². The third kappa shape index (κ3) is 1.04. The van der Waals surface area contributed by atoms with Gasteiger partial charge in [0.25, 0.3) is 0 Å². The summed E-state index contributed by atoms with van der Waals surface area (Å²) in [7, 11) is 3.84. The summed E-state index contributed by atoms with van der Waals surface area (Å²) in [5, 5.41) is 2.96. The molecule has 3 nitrogen and oxygen atoms in total. The van der Waals surface area contributed by atoms with Crippen LogP contribution in [0.3, 0.4) is 0 Å². The number of hydrogen-bond donors (Lipinski definition) is 1. The molecule has 0 unspecified atom stereocenters. The lowest BCUT2D eigenvalue weighted by Crippen LogP contribution is -1.86. The smallest absolute Gasteiger partial charge is 0.144 e. The topological polar surface area (TPSA) is 29.9 Å². The first-order valence-electron chi connectivity index (χ1n) is 2.91. The average Bonchev–Trinajstić information content (AvgIpc) is 2.13. The van der Waals surface area contributed by atoms with E-state index in [9.17, 15) is 0 Å². The van der Waals surface area contributed by atoms with Crippen LogP contribution in [0.5, 0.6) is 0 Å². The van der Waals surface area contributed by atoms with E-state index in [4.69, 9.17) is 0 Å². The van der Waals surface area contributed by atoms with Crippen LogP contribution in [0.4, 0.5) is 5.82 Å². The zero-order chi connectivity index (χ0) is 6.85. The van der Waals surface area contributed by atoms with E-state index in [1.165, 1.54) is 0 Å². The highest BCUT2D eigenvalue weighted by Gasteiger charge is 1.95. The quantitative estimate of drug-likeness (QED) is 0.600. The van der Waals surface area contributed by atoms with E-state index < -0.39 is 0 Å². The highest BCUT2D eigenvalue weighted by molar-refractivity contribution is 5.31. The third-order valence-corrected chi connectivity index (χ3v) is 1.36. The summed E-state index contributed by atoms with van der Waals surface area (Å²) in [4.78, 5) is 4.18. The maximum atomic E-state index is 4.18. The standard InChI is InChI=1S/C6H11N3/c1-5-8-6(7-2)4-9(5)3/h4,7H,1-3H3. The van der Waals surface area contributed by atoms with Crippen molar-refractivity contribution in [1.82, 2.24) is 9.55 Å². The molecule has 0 fully saturated rings. The lowest BCUT2D eigenvalue weighted by atomic mass is 10.7. The Hall–Kier alpha value is -0.990. The highest BCUT2D eigenvalue weighted by Crippen LogP contribution is 2.02. The summed E-state index contributed by atoms with van der Waals surface area (Å²) in [5.74, 6) is 1.95. The Bertz CT molecular complexity index is 183. The van der Waals surface area contributed by atoms with Gasteiger partial charge in [0.05, 0.1) is 0 Å². The molecule has 1 heterocycles. The normalized spacial score (nSPS) is 9.67. The van der Waals surface area contributed by atoms with E-state index in [0.29, 0.717) is 0 Å². The van der Waals surface area contributed by atoms with Crippen LogP contribution in [0.25, 0.3) is 0 Å². The van der Waals surface area contributed by atoms with Crippen molar-refractivity contribution in [2.24, 2.45) is 7.05 Å². The summed E-state index contributed by atoms with van der Waals surface area (Å²) in [5.41, 5.74) is 0. The largest absolute Gasteiger partial charge is 0.372 e. The average molecular weight is 125 g/mol. The second kappa shape index (κ2) is 2.09.